The summed E-state index contributed by atoms with van der Waals surface area (Å²) < 4.78 is 0. The molecule has 4 rings (SSSR count). The highest BCUT2D eigenvalue weighted by Gasteiger charge is 2.24. The van der Waals surface area contributed by atoms with Crippen molar-refractivity contribution >= 4 is 5.91 Å². The van der Waals surface area contributed by atoms with E-state index in [1.807, 2.05) is 0 Å². The topological polar surface area (TPSA) is 32.3 Å². The van der Waals surface area contributed by atoms with Crippen molar-refractivity contribution in [2.45, 2.75) is 44.6 Å². The summed E-state index contributed by atoms with van der Waals surface area (Å²) in [5.74, 6) is 0.612. The number of rotatable bonds is 6. The molecular formula is C23H28N2O. The van der Waals surface area contributed by atoms with E-state index >= 15 is 0 Å². The number of nitrogens with zero attached hydrogens (tertiary/aromatic N) is 1. The molecule has 0 radical (unpaired) electrons. The van der Waals surface area contributed by atoms with Crippen LogP contribution in [-0.4, -0.2) is 30.4 Å². The van der Waals surface area contributed by atoms with Crippen LogP contribution in [0.25, 0.3) is 0 Å². The van der Waals surface area contributed by atoms with Gasteiger partial charge in [-0.25, -0.2) is 0 Å². The third kappa shape index (κ3) is 3.99. The molecule has 1 N–H and O–H groups in total. The highest BCUT2D eigenvalue weighted by Crippen LogP contribution is 2.35. The summed E-state index contributed by atoms with van der Waals surface area (Å²) in [5, 5.41) is 3.13. The lowest BCUT2D eigenvalue weighted by molar-refractivity contribution is -0.121. The number of fused-ring (bicyclic) bond motifs is 2. The molecule has 136 valence electrons. The normalized spacial score (nSPS) is 19.0. The molecule has 0 saturated carbocycles. The fraction of sp³-hybridized carbons (Fsp3) is 0.435. The van der Waals surface area contributed by atoms with Crippen LogP contribution in [0.1, 0.15) is 47.4 Å². The SMILES string of the molecule is O=C(CC1CCc2ccccc21)NCCCN1CCc2ccccc2C1. The van der Waals surface area contributed by atoms with Crippen LogP contribution >= 0.6 is 0 Å². The van der Waals surface area contributed by atoms with Gasteiger partial charge in [0.15, 0.2) is 0 Å². The monoisotopic (exact) mass is 348 g/mol. The van der Waals surface area contributed by atoms with Crippen molar-refractivity contribution in [3.63, 3.8) is 0 Å². The number of nitrogens with one attached hydrogen (secondary N) is 1. The first kappa shape index (κ1) is 17.3. The van der Waals surface area contributed by atoms with Crippen molar-refractivity contribution in [2.75, 3.05) is 19.6 Å². The van der Waals surface area contributed by atoms with E-state index < -0.39 is 0 Å². The zero-order valence-corrected chi connectivity index (χ0v) is 15.4. The molecule has 1 aliphatic heterocycles. The van der Waals surface area contributed by atoms with Crippen molar-refractivity contribution < 1.29 is 4.79 Å². The van der Waals surface area contributed by atoms with E-state index in [0.717, 1.165) is 51.9 Å². The van der Waals surface area contributed by atoms with Gasteiger partial charge >= 0.3 is 0 Å². The van der Waals surface area contributed by atoms with Gasteiger partial charge in [0.05, 0.1) is 0 Å². The summed E-state index contributed by atoms with van der Waals surface area (Å²) in [6.07, 6.45) is 5.03. The molecule has 1 aliphatic carbocycles. The maximum absolute atomic E-state index is 12.3. The van der Waals surface area contributed by atoms with Gasteiger partial charge in [0, 0.05) is 32.6 Å². The van der Waals surface area contributed by atoms with Crippen molar-refractivity contribution in [3.05, 3.63) is 70.8 Å². The van der Waals surface area contributed by atoms with Gasteiger partial charge in [0.2, 0.25) is 5.91 Å². The molecule has 1 heterocycles. The van der Waals surface area contributed by atoms with Crippen LogP contribution in [0.15, 0.2) is 48.5 Å². The molecule has 3 nitrogen and oxygen atoms in total. The highest BCUT2D eigenvalue weighted by molar-refractivity contribution is 5.77. The number of hydrogen-bond acceptors (Lipinski definition) is 2. The Hall–Kier alpha value is -2.13. The molecule has 1 atom stereocenters. The Kier molecular flexibility index (Phi) is 5.35. The van der Waals surface area contributed by atoms with Crippen LogP contribution in [0.2, 0.25) is 0 Å². The Morgan fingerprint density at radius 2 is 1.77 bits per heavy atom. The molecule has 1 amide bonds. The summed E-state index contributed by atoms with van der Waals surface area (Å²) in [4.78, 5) is 14.8. The fourth-order valence-electron chi connectivity index (χ4n) is 4.43. The van der Waals surface area contributed by atoms with Gasteiger partial charge in [-0.3, -0.25) is 9.69 Å². The van der Waals surface area contributed by atoms with Crippen LogP contribution in [0, 0.1) is 0 Å². The average Bonchev–Trinajstić information content (AvgIpc) is 3.08. The summed E-state index contributed by atoms with van der Waals surface area (Å²) in [6.45, 7) is 4.01. The third-order valence-electron chi connectivity index (χ3n) is 5.87. The number of hydrogen-bond donors (Lipinski definition) is 1. The van der Waals surface area contributed by atoms with Crippen molar-refractivity contribution in [1.29, 1.82) is 0 Å². The van der Waals surface area contributed by atoms with Crippen molar-refractivity contribution in [2.24, 2.45) is 0 Å². The van der Waals surface area contributed by atoms with E-state index in [9.17, 15) is 4.79 Å². The number of aryl methyl sites for hydroxylation is 1. The number of carbonyl (C=O) groups is 1. The maximum atomic E-state index is 12.3. The number of benzene rings is 2. The summed E-state index contributed by atoms with van der Waals surface area (Å²) in [6, 6.07) is 17.3. The predicted octanol–water partition coefficient (Wildman–Crippen LogP) is 3.67. The van der Waals surface area contributed by atoms with Gasteiger partial charge in [-0.05, 0) is 53.9 Å². The number of amides is 1. The molecule has 0 aromatic heterocycles. The van der Waals surface area contributed by atoms with Gasteiger partial charge in [0.25, 0.3) is 0 Å². The van der Waals surface area contributed by atoms with Gasteiger partial charge in [-0.1, -0.05) is 48.5 Å². The lowest BCUT2D eigenvalue weighted by Crippen LogP contribution is -2.34. The first-order chi connectivity index (χ1) is 12.8. The van der Waals surface area contributed by atoms with E-state index in [4.69, 9.17) is 0 Å². The highest BCUT2D eigenvalue weighted by atomic mass is 16.1. The van der Waals surface area contributed by atoms with Gasteiger partial charge in [0.1, 0.15) is 0 Å². The Morgan fingerprint density at radius 3 is 2.65 bits per heavy atom. The van der Waals surface area contributed by atoms with Gasteiger partial charge < -0.3 is 5.32 Å². The lowest BCUT2D eigenvalue weighted by atomic mass is 9.97. The second kappa shape index (κ2) is 8.05. The number of carbonyl (C=O) groups excluding carboxylic acids is 1. The third-order valence-corrected chi connectivity index (χ3v) is 5.87. The second-order valence-corrected chi connectivity index (χ2v) is 7.64. The second-order valence-electron chi connectivity index (χ2n) is 7.64. The molecule has 0 bridgehead atoms. The Morgan fingerprint density at radius 1 is 1.00 bits per heavy atom. The molecule has 1 unspecified atom stereocenters. The van der Waals surface area contributed by atoms with Crippen molar-refractivity contribution in [3.8, 4) is 0 Å². The largest absolute Gasteiger partial charge is 0.356 e. The Labute approximate surface area is 156 Å². The smallest absolute Gasteiger partial charge is 0.220 e. The van der Waals surface area contributed by atoms with Gasteiger partial charge in [-0.2, -0.15) is 0 Å². The van der Waals surface area contributed by atoms with E-state index in [1.54, 1.807) is 0 Å². The molecular weight excluding hydrogens is 320 g/mol. The molecule has 3 heteroatoms. The minimum absolute atomic E-state index is 0.204. The molecule has 2 aliphatic rings. The van der Waals surface area contributed by atoms with E-state index in [0.29, 0.717) is 12.3 Å². The van der Waals surface area contributed by atoms with Crippen LogP contribution in [0.3, 0.4) is 0 Å². The average molecular weight is 348 g/mol. The lowest BCUT2D eigenvalue weighted by Gasteiger charge is -2.28. The van der Waals surface area contributed by atoms with E-state index in [2.05, 4.69) is 58.7 Å². The molecule has 2 aromatic rings. The minimum Gasteiger partial charge on any atom is -0.356 e. The van der Waals surface area contributed by atoms with E-state index in [-0.39, 0.29) is 5.91 Å². The summed E-state index contributed by atoms with van der Waals surface area (Å²) in [7, 11) is 0. The minimum atomic E-state index is 0.204. The van der Waals surface area contributed by atoms with E-state index in [1.165, 1.54) is 22.3 Å². The maximum Gasteiger partial charge on any atom is 0.220 e. The molecule has 26 heavy (non-hydrogen) atoms. The summed E-state index contributed by atoms with van der Waals surface area (Å²) >= 11 is 0. The first-order valence-corrected chi connectivity index (χ1v) is 9.93. The molecule has 2 aromatic carbocycles. The standard InChI is InChI=1S/C23H28N2O/c26-23(16-20-11-10-19-7-3-4-9-22(19)20)24-13-5-14-25-15-12-18-6-1-2-8-21(18)17-25/h1-4,6-9,20H,5,10-17H2,(H,24,26). The van der Waals surface area contributed by atoms with Crippen LogP contribution in [0.5, 0.6) is 0 Å². The quantitative estimate of drug-likeness (QED) is 0.808. The zero-order valence-electron chi connectivity index (χ0n) is 15.4. The van der Waals surface area contributed by atoms with Gasteiger partial charge in [-0.15, -0.1) is 0 Å². The molecule has 0 spiro atoms. The zero-order chi connectivity index (χ0) is 17.8. The Bertz CT molecular complexity index is 770. The predicted molar refractivity (Wildman–Crippen MR) is 105 cm³/mol. The molecule has 0 fully saturated rings. The van der Waals surface area contributed by atoms with Crippen molar-refractivity contribution in [1.82, 2.24) is 10.2 Å². The summed E-state index contributed by atoms with van der Waals surface area (Å²) in [5.41, 5.74) is 5.77. The van der Waals surface area contributed by atoms with Crippen LogP contribution < -0.4 is 5.32 Å². The Balaban J connectivity index is 1.17. The first-order valence-electron chi connectivity index (χ1n) is 9.93. The molecule has 0 saturated heterocycles. The fourth-order valence-corrected chi connectivity index (χ4v) is 4.43. The van der Waals surface area contributed by atoms with Crippen LogP contribution in [0.4, 0.5) is 0 Å². The van der Waals surface area contributed by atoms with Crippen LogP contribution in [-0.2, 0) is 24.2 Å².